The number of benzene rings is 2. The van der Waals surface area contributed by atoms with Gasteiger partial charge in [0.2, 0.25) is 0 Å². The predicted octanol–water partition coefficient (Wildman–Crippen LogP) is 7.04. The molecule has 49 heavy (non-hydrogen) atoms. The molecule has 0 amide bonds. The zero-order valence-corrected chi connectivity index (χ0v) is 26.1. The van der Waals surface area contributed by atoms with Crippen molar-refractivity contribution in [3.05, 3.63) is 52.6 Å². The van der Waals surface area contributed by atoms with E-state index in [9.17, 15) is 49.0 Å². The summed E-state index contributed by atoms with van der Waals surface area (Å²) < 4.78 is 148. The van der Waals surface area contributed by atoms with Gasteiger partial charge in [-0.05, 0) is 85.0 Å². The van der Waals surface area contributed by atoms with Crippen LogP contribution in [0.25, 0.3) is 0 Å². The second kappa shape index (κ2) is 13.4. The van der Waals surface area contributed by atoms with Crippen molar-refractivity contribution < 1.29 is 58.5 Å². The molecule has 1 aromatic heterocycles. The van der Waals surface area contributed by atoms with Crippen molar-refractivity contribution >= 4 is 11.6 Å². The molecule has 9 nitrogen and oxygen atoms in total. The van der Waals surface area contributed by atoms with E-state index in [1.807, 2.05) is 0 Å². The van der Waals surface area contributed by atoms with Crippen LogP contribution in [0.15, 0.2) is 30.3 Å². The Labute approximate surface area is 273 Å². The Morgan fingerprint density at radius 2 is 1.37 bits per heavy atom. The molecule has 270 valence electrons. The lowest BCUT2D eigenvalue weighted by molar-refractivity contribution is -0.391. The summed E-state index contributed by atoms with van der Waals surface area (Å²) >= 11 is 0. The molecule has 1 aliphatic heterocycles. The first kappa shape index (κ1) is 36.3. The van der Waals surface area contributed by atoms with Gasteiger partial charge >= 0.3 is 24.6 Å². The molecule has 0 radical (unpaired) electrons. The van der Waals surface area contributed by atoms with E-state index in [1.165, 1.54) is 11.9 Å². The Morgan fingerprint density at radius 1 is 0.816 bits per heavy atom. The lowest BCUT2D eigenvalue weighted by Gasteiger charge is -2.36. The van der Waals surface area contributed by atoms with Crippen LogP contribution in [0.3, 0.4) is 0 Å². The number of hydrogen-bond donors (Lipinski definition) is 1. The molecule has 0 saturated heterocycles. The van der Waals surface area contributed by atoms with Crippen molar-refractivity contribution in [3.63, 3.8) is 0 Å². The minimum Gasteiger partial charge on any atom is -0.421 e. The number of fused-ring (bicyclic) bond motifs is 1. The maximum atomic E-state index is 14.2. The molecule has 1 aliphatic carbocycles. The van der Waals surface area contributed by atoms with Crippen molar-refractivity contribution in [3.8, 4) is 11.5 Å². The van der Waals surface area contributed by atoms with Crippen LogP contribution in [0, 0.1) is 11.8 Å². The molecule has 0 atom stereocenters. The molecule has 2 heterocycles. The number of anilines is 2. The van der Waals surface area contributed by atoms with Crippen molar-refractivity contribution in [2.24, 2.45) is 18.9 Å². The van der Waals surface area contributed by atoms with E-state index in [4.69, 9.17) is 0 Å². The minimum absolute atomic E-state index is 0.0174. The number of aryl methyl sites for hydroxylation is 1. The molecule has 1 fully saturated rings. The standard InChI is InChI=1S/C30H32F10N6O3/c1-3-45(13-17-4-6-18(16-47)7-5-17)23-12-25-24(48-29(37,38)30(39,40)49-25)10-20(23)15-46(26-41-43-44(2)42-26)14-19-8-21(27(31,32)33)11-22(9-19)28(34,35)36/h8-12,17-18,47H,3-7,13-16H2,1-2H3. The summed E-state index contributed by atoms with van der Waals surface area (Å²) in [7, 11) is 1.36. The first-order valence-electron chi connectivity index (χ1n) is 15.2. The van der Waals surface area contributed by atoms with Gasteiger partial charge in [0.1, 0.15) is 0 Å². The van der Waals surface area contributed by atoms with E-state index < -0.39 is 65.8 Å². The van der Waals surface area contributed by atoms with Gasteiger partial charge in [-0.15, -0.1) is 5.10 Å². The van der Waals surface area contributed by atoms with Crippen LogP contribution in [-0.2, 0) is 32.5 Å². The van der Waals surface area contributed by atoms with E-state index in [0.29, 0.717) is 18.7 Å². The highest BCUT2D eigenvalue weighted by molar-refractivity contribution is 5.64. The summed E-state index contributed by atoms with van der Waals surface area (Å²) in [6.45, 7) is 1.39. The largest absolute Gasteiger partial charge is 0.507 e. The fraction of sp³-hybridized carbons (Fsp3) is 0.567. The number of nitrogens with zero attached hydrogens (tertiary/aromatic N) is 6. The number of aliphatic hydroxyl groups excluding tert-OH is 1. The molecule has 2 aliphatic rings. The zero-order valence-electron chi connectivity index (χ0n) is 26.1. The predicted molar refractivity (Wildman–Crippen MR) is 153 cm³/mol. The van der Waals surface area contributed by atoms with Crippen LogP contribution >= 0.6 is 0 Å². The van der Waals surface area contributed by atoms with Crippen molar-refractivity contribution in [1.82, 2.24) is 20.2 Å². The molecule has 1 N–H and O–H groups in total. The van der Waals surface area contributed by atoms with E-state index in [2.05, 4.69) is 24.9 Å². The summed E-state index contributed by atoms with van der Waals surface area (Å²) in [5.41, 5.74) is -3.22. The third-order valence-electron chi connectivity index (χ3n) is 8.55. The molecule has 1 saturated carbocycles. The molecular formula is C30H32F10N6O3. The number of hydrogen-bond acceptors (Lipinski definition) is 8. The summed E-state index contributed by atoms with van der Waals surface area (Å²) in [5, 5.41) is 21.1. The van der Waals surface area contributed by atoms with Crippen LogP contribution in [0.5, 0.6) is 11.5 Å². The summed E-state index contributed by atoms with van der Waals surface area (Å²) in [6, 6.07) is 3.15. The molecule has 0 unspecified atom stereocenters. The maximum absolute atomic E-state index is 14.2. The number of aliphatic hydroxyl groups is 1. The van der Waals surface area contributed by atoms with Gasteiger partial charge in [-0.2, -0.15) is 48.7 Å². The molecule has 0 spiro atoms. The van der Waals surface area contributed by atoms with Gasteiger partial charge in [-0.3, -0.25) is 0 Å². The number of rotatable bonds is 10. The zero-order chi connectivity index (χ0) is 35.9. The average Bonchev–Trinajstić information content (AvgIpc) is 3.45. The summed E-state index contributed by atoms with van der Waals surface area (Å²) in [6.07, 6.45) is -17.4. The van der Waals surface area contributed by atoms with Gasteiger partial charge in [0, 0.05) is 44.5 Å². The normalized spacial score (nSPS) is 20.3. The van der Waals surface area contributed by atoms with Crippen LogP contribution < -0.4 is 19.3 Å². The van der Waals surface area contributed by atoms with Gasteiger partial charge in [-0.1, -0.05) is 5.10 Å². The van der Waals surface area contributed by atoms with E-state index in [0.717, 1.165) is 42.6 Å². The molecule has 2 aromatic carbocycles. The average molecular weight is 715 g/mol. The van der Waals surface area contributed by atoms with Crippen molar-refractivity contribution in [1.29, 1.82) is 0 Å². The highest BCUT2D eigenvalue weighted by Gasteiger charge is 2.66. The first-order chi connectivity index (χ1) is 22.8. The smallest absolute Gasteiger partial charge is 0.421 e. The third kappa shape index (κ3) is 8.07. The van der Waals surface area contributed by atoms with Crippen molar-refractivity contribution in [2.45, 2.75) is 70.3 Å². The van der Waals surface area contributed by atoms with Gasteiger partial charge in [0.05, 0.1) is 18.2 Å². The topological polar surface area (TPSA) is 88.8 Å². The maximum Gasteiger partial charge on any atom is 0.507 e. The monoisotopic (exact) mass is 714 g/mol. The number of alkyl halides is 10. The lowest BCUT2D eigenvalue weighted by Crippen LogP contribution is -2.52. The highest BCUT2D eigenvalue weighted by Crippen LogP contribution is 2.49. The Morgan fingerprint density at radius 3 is 1.86 bits per heavy atom. The van der Waals surface area contributed by atoms with Gasteiger partial charge in [-0.25, -0.2) is 0 Å². The molecule has 19 heteroatoms. The molecule has 3 aromatic rings. The van der Waals surface area contributed by atoms with Crippen LogP contribution in [0.1, 0.15) is 54.9 Å². The number of aromatic nitrogens is 4. The quantitative estimate of drug-likeness (QED) is 0.224. The number of tetrazole rings is 1. The lowest BCUT2D eigenvalue weighted by atomic mass is 9.82. The minimum atomic E-state index is -5.13. The second-order valence-corrected chi connectivity index (χ2v) is 12.1. The Kier molecular flexibility index (Phi) is 9.88. The van der Waals surface area contributed by atoms with Gasteiger partial charge in [0.25, 0.3) is 5.95 Å². The SMILES string of the molecule is CCN(CC1CCC(CO)CC1)c1cc2c(cc1CN(Cc1cc(C(F)(F)F)cc(C(F)(F)F)c1)c1nnn(C)n1)OC(F)(F)C(F)(F)O2. The van der Waals surface area contributed by atoms with Crippen LogP contribution in [-0.4, -0.2) is 57.2 Å². The van der Waals surface area contributed by atoms with Gasteiger partial charge < -0.3 is 24.4 Å². The second-order valence-electron chi connectivity index (χ2n) is 12.1. The highest BCUT2D eigenvalue weighted by atomic mass is 19.4. The first-order valence-corrected chi connectivity index (χ1v) is 15.2. The molecular weight excluding hydrogens is 682 g/mol. The Hall–Kier alpha value is -4.03. The van der Waals surface area contributed by atoms with Crippen LogP contribution in [0.2, 0.25) is 0 Å². The van der Waals surface area contributed by atoms with Crippen molar-refractivity contribution in [2.75, 3.05) is 29.5 Å². The molecule has 0 bridgehead atoms. The van der Waals surface area contributed by atoms with E-state index in [1.54, 1.807) is 11.8 Å². The number of ether oxygens (including phenoxy) is 2. The fourth-order valence-electron chi connectivity index (χ4n) is 6.01. The van der Waals surface area contributed by atoms with E-state index in [-0.39, 0.29) is 48.3 Å². The van der Waals surface area contributed by atoms with Crippen LogP contribution in [0.4, 0.5) is 55.5 Å². The summed E-state index contributed by atoms with van der Waals surface area (Å²) in [4.78, 5) is 3.94. The Balaban J connectivity index is 1.58. The molecule has 5 rings (SSSR count). The number of halogens is 10. The summed E-state index contributed by atoms with van der Waals surface area (Å²) in [5.74, 6) is -1.47. The van der Waals surface area contributed by atoms with Gasteiger partial charge in [0.15, 0.2) is 11.5 Å². The fourth-order valence-corrected chi connectivity index (χ4v) is 6.01. The third-order valence-corrected chi connectivity index (χ3v) is 8.55. The van der Waals surface area contributed by atoms with E-state index >= 15 is 0 Å². The Bertz CT molecular complexity index is 1590.